The molecule has 4 rings (SSSR count). The Morgan fingerprint density at radius 3 is 2.57 bits per heavy atom. The van der Waals surface area contributed by atoms with E-state index in [1.165, 1.54) is 11.3 Å². The van der Waals surface area contributed by atoms with Crippen LogP contribution in [0.3, 0.4) is 0 Å². The predicted molar refractivity (Wildman–Crippen MR) is 105 cm³/mol. The molecule has 1 aromatic heterocycles. The average Bonchev–Trinajstić information content (AvgIpc) is 3.19. The maximum Gasteiger partial charge on any atom is 0.325 e. The molecule has 2 aliphatic heterocycles. The van der Waals surface area contributed by atoms with Crippen molar-refractivity contribution in [3.8, 4) is 0 Å². The number of urea groups is 1. The average molecular weight is 398 g/mol. The first-order valence-corrected chi connectivity index (χ1v) is 10.2. The van der Waals surface area contributed by atoms with Crippen molar-refractivity contribution in [2.45, 2.75) is 38.3 Å². The number of imide groups is 1. The van der Waals surface area contributed by atoms with Crippen molar-refractivity contribution in [1.29, 1.82) is 0 Å². The number of hydrogen-bond acceptors (Lipinski definition) is 5. The van der Waals surface area contributed by atoms with Gasteiger partial charge in [-0.05, 0) is 25.3 Å². The topological polar surface area (TPSA) is 82.6 Å². The summed E-state index contributed by atoms with van der Waals surface area (Å²) < 4.78 is 0. The number of piperidine rings is 1. The van der Waals surface area contributed by atoms with Crippen LogP contribution >= 0.6 is 11.3 Å². The molecular formula is C20H22N4O3S. The van der Waals surface area contributed by atoms with E-state index in [1.807, 2.05) is 42.6 Å². The Hall–Kier alpha value is -2.74. The van der Waals surface area contributed by atoms with Crippen molar-refractivity contribution in [1.82, 2.24) is 20.1 Å². The summed E-state index contributed by atoms with van der Waals surface area (Å²) in [7, 11) is 0. The third-order valence-corrected chi connectivity index (χ3v) is 6.35. The summed E-state index contributed by atoms with van der Waals surface area (Å²) in [6.45, 7) is 3.20. The quantitative estimate of drug-likeness (QED) is 0.800. The third kappa shape index (κ3) is 3.40. The van der Waals surface area contributed by atoms with E-state index >= 15 is 0 Å². The largest absolute Gasteiger partial charge is 0.342 e. The number of likely N-dealkylation sites (tertiary alicyclic amines) is 1. The minimum absolute atomic E-state index is 0.0134. The SMILES string of the molecule is Cc1nc(CC(=O)N2CCC3(CC2)C(=O)NC(=O)N3Cc2ccccc2)cs1. The molecule has 0 bridgehead atoms. The van der Waals surface area contributed by atoms with Crippen LogP contribution in [-0.2, 0) is 22.6 Å². The van der Waals surface area contributed by atoms with Gasteiger partial charge in [0.05, 0.1) is 17.1 Å². The number of nitrogens with zero attached hydrogens (tertiary/aromatic N) is 3. The molecule has 28 heavy (non-hydrogen) atoms. The lowest BCUT2D eigenvalue weighted by Gasteiger charge is -2.42. The van der Waals surface area contributed by atoms with Gasteiger partial charge in [-0.2, -0.15) is 0 Å². The van der Waals surface area contributed by atoms with Gasteiger partial charge in [0.15, 0.2) is 0 Å². The first-order valence-electron chi connectivity index (χ1n) is 9.34. The highest BCUT2D eigenvalue weighted by molar-refractivity contribution is 7.09. The van der Waals surface area contributed by atoms with E-state index in [9.17, 15) is 14.4 Å². The van der Waals surface area contributed by atoms with Gasteiger partial charge < -0.3 is 9.80 Å². The van der Waals surface area contributed by atoms with E-state index in [0.29, 0.717) is 32.5 Å². The summed E-state index contributed by atoms with van der Waals surface area (Å²) >= 11 is 1.53. The van der Waals surface area contributed by atoms with Crippen LogP contribution in [0.4, 0.5) is 4.79 Å². The summed E-state index contributed by atoms with van der Waals surface area (Å²) in [5.41, 5.74) is 0.886. The second-order valence-corrected chi connectivity index (χ2v) is 8.34. The number of amides is 4. The Bertz CT molecular complexity index is 903. The van der Waals surface area contributed by atoms with Crippen LogP contribution in [0.2, 0.25) is 0 Å². The number of aryl methyl sites for hydroxylation is 1. The van der Waals surface area contributed by atoms with Gasteiger partial charge in [0.1, 0.15) is 5.54 Å². The predicted octanol–water partition coefficient (Wildman–Crippen LogP) is 2.11. The Labute approximate surface area is 167 Å². The molecule has 7 nitrogen and oxygen atoms in total. The third-order valence-electron chi connectivity index (χ3n) is 5.53. The molecule has 1 spiro atoms. The summed E-state index contributed by atoms with van der Waals surface area (Å²) in [6.07, 6.45) is 1.16. The van der Waals surface area contributed by atoms with Gasteiger partial charge in [-0.25, -0.2) is 9.78 Å². The van der Waals surface area contributed by atoms with Gasteiger partial charge in [0.2, 0.25) is 5.91 Å². The first-order chi connectivity index (χ1) is 13.5. The standard InChI is InChI=1S/C20H22N4O3S/c1-14-21-16(13-28-14)11-17(25)23-9-7-20(8-10-23)18(26)22-19(27)24(20)12-15-5-3-2-4-6-15/h2-6,13H,7-12H2,1H3,(H,22,26,27). The zero-order valence-corrected chi connectivity index (χ0v) is 16.5. The maximum atomic E-state index is 12.6. The van der Waals surface area contributed by atoms with Crippen LogP contribution in [0, 0.1) is 6.92 Å². The smallest absolute Gasteiger partial charge is 0.325 e. The number of benzene rings is 1. The van der Waals surface area contributed by atoms with Gasteiger partial charge in [-0.3, -0.25) is 14.9 Å². The molecule has 2 saturated heterocycles. The van der Waals surface area contributed by atoms with Crippen molar-refractivity contribution in [3.05, 3.63) is 52.0 Å². The van der Waals surface area contributed by atoms with Crippen molar-refractivity contribution in [2.24, 2.45) is 0 Å². The van der Waals surface area contributed by atoms with Gasteiger partial charge in [-0.1, -0.05) is 30.3 Å². The van der Waals surface area contributed by atoms with E-state index in [-0.39, 0.29) is 24.3 Å². The Balaban J connectivity index is 1.45. The molecule has 0 radical (unpaired) electrons. The molecule has 0 atom stereocenters. The minimum Gasteiger partial charge on any atom is -0.342 e. The number of rotatable bonds is 4. The molecule has 146 valence electrons. The monoisotopic (exact) mass is 398 g/mol. The lowest BCUT2D eigenvalue weighted by atomic mass is 9.85. The number of thiazole rings is 1. The maximum absolute atomic E-state index is 12.6. The minimum atomic E-state index is -0.874. The molecule has 4 amide bonds. The highest BCUT2D eigenvalue weighted by Gasteiger charge is 2.54. The van der Waals surface area contributed by atoms with E-state index in [1.54, 1.807) is 9.80 Å². The fourth-order valence-corrected chi connectivity index (χ4v) is 4.58. The summed E-state index contributed by atoms with van der Waals surface area (Å²) in [6, 6.07) is 9.28. The summed E-state index contributed by atoms with van der Waals surface area (Å²) in [4.78, 5) is 45.4. The molecule has 8 heteroatoms. The fourth-order valence-electron chi connectivity index (χ4n) is 3.97. The first kappa shape index (κ1) is 18.6. The molecule has 1 N–H and O–H groups in total. The van der Waals surface area contributed by atoms with Crippen LogP contribution in [0.5, 0.6) is 0 Å². The van der Waals surface area contributed by atoms with Gasteiger partial charge in [0.25, 0.3) is 5.91 Å². The van der Waals surface area contributed by atoms with E-state index in [4.69, 9.17) is 0 Å². The summed E-state index contributed by atoms with van der Waals surface area (Å²) in [5.74, 6) is -0.241. The Kier molecular flexibility index (Phi) is 4.89. The molecular weight excluding hydrogens is 376 g/mol. The molecule has 0 unspecified atom stereocenters. The van der Waals surface area contributed by atoms with E-state index < -0.39 is 5.54 Å². The van der Waals surface area contributed by atoms with Crippen molar-refractivity contribution < 1.29 is 14.4 Å². The zero-order valence-electron chi connectivity index (χ0n) is 15.7. The number of aromatic nitrogens is 1. The van der Waals surface area contributed by atoms with Crippen molar-refractivity contribution in [3.63, 3.8) is 0 Å². The highest BCUT2D eigenvalue weighted by atomic mass is 32.1. The Morgan fingerprint density at radius 2 is 1.93 bits per heavy atom. The highest BCUT2D eigenvalue weighted by Crippen LogP contribution is 2.34. The van der Waals surface area contributed by atoms with Gasteiger partial charge >= 0.3 is 6.03 Å². The van der Waals surface area contributed by atoms with Crippen molar-refractivity contribution in [2.75, 3.05) is 13.1 Å². The second kappa shape index (κ2) is 7.35. The van der Waals surface area contributed by atoms with Crippen LogP contribution in [0.1, 0.15) is 29.1 Å². The van der Waals surface area contributed by atoms with Crippen LogP contribution in [0.15, 0.2) is 35.7 Å². The number of carbonyl (C=O) groups excluding carboxylic acids is 3. The summed E-state index contributed by atoms with van der Waals surface area (Å²) in [5, 5.41) is 5.32. The van der Waals surface area contributed by atoms with E-state index in [2.05, 4.69) is 10.3 Å². The zero-order chi connectivity index (χ0) is 19.7. The van der Waals surface area contributed by atoms with Gasteiger partial charge in [-0.15, -0.1) is 11.3 Å². The molecule has 2 aliphatic rings. The molecule has 2 fully saturated rings. The number of hydrogen-bond donors (Lipinski definition) is 1. The molecule has 2 aromatic rings. The molecule has 0 saturated carbocycles. The molecule has 1 aromatic carbocycles. The van der Waals surface area contributed by atoms with Gasteiger partial charge in [0, 0.05) is 25.0 Å². The molecule has 3 heterocycles. The van der Waals surface area contributed by atoms with Crippen LogP contribution in [0.25, 0.3) is 0 Å². The molecule has 0 aliphatic carbocycles. The normalized spacial score (nSPS) is 18.6. The lowest BCUT2D eigenvalue weighted by Crippen LogP contribution is -2.57. The number of nitrogens with one attached hydrogen (secondary N) is 1. The van der Waals surface area contributed by atoms with E-state index in [0.717, 1.165) is 16.3 Å². The fraction of sp³-hybridized carbons (Fsp3) is 0.400. The van der Waals surface area contributed by atoms with Crippen molar-refractivity contribution >= 4 is 29.2 Å². The Morgan fingerprint density at radius 1 is 1.21 bits per heavy atom. The van der Waals surface area contributed by atoms with Crippen LogP contribution in [-0.4, -0.2) is 51.3 Å². The lowest BCUT2D eigenvalue weighted by molar-refractivity contribution is -0.137. The second-order valence-electron chi connectivity index (χ2n) is 7.28. The van der Waals surface area contributed by atoms with Crippen LogP contribution < -0.4 is 5.32 Å². The number of carbonyl (C=O) groups is 3.